The lowest BCUT2D eigenvalue weighted by Gasteiger charge is -2.19. The molecule has 0 aliphatic heterocycles. The van der Waals surface area contributed by atoms with Crippen molar-refractivity contribution in [3.05, 3.63) is 23.5 Å². The van der Waals surface area contributed by atoms with Crippen LogP contribution in [0.2, 0.25) is 0 Å². The predicted octanol–water partition coefficient (Wildman–Crippen LogP) is 3.89. The molecule has 0 aromatic carbocycles. The molecule has 0 aliphatic rings. The SMILES string of the molecule is CCC(C)c1ccc(C)n1C(C)C. The first-order valence-corrected chi connectivity index (χ1v) is 5.25. The molecule has 0 N–H and O–H groups in total. The van der Waals surface area contributed by atoms with Crippen LogP contribution in [0.3, 0.4) is 0 Å². The van der Waals surface area contributed by atoms with Gasteiger partial charge in [0.1, 0.15) is 0 Å². The summed E-state index contributed by atoms with van der Waals surface area (Å²) in [6, 6.07) is 5.07. The molecule has 0 aliphatic carbocycles. The van der Waals surface area contributed by atoms with Crippen molar-refractivity contribution >= 4 is 0 Å². The van der Waals surface area contributed by atoms with Gasteiger partial charge in [0.15, 0.2) is 0 Å². The molecule has 0 saturated heterocycles. The number of nitrogens with zero attached hydrogens (tertiary/aromatic N) is 1. The van der Waals surface area contributed by atoms with Crippen LogP contribution in [-0.2, 0) is 0 Å². The second-order valence-electron chi connectivity index (χ2n) is 4.17. The van der Waals surface area contributed by atoms with Gasteiger partial charge in [0.05, 0.1) is 0 Å². The van der Waals surface area contributed by atoms with Crippen LogP contribution in [-0.4, -0.2) is 4.57 Å². The van der Waals surface area contributed by atoms with Gasteiger partial charge in [-0.15, -0.1) is 0 Å². The third-order valence-electron chi connectivity index (χ3n) is 2.79. The highest BCUT2D eigenvalue weighted by Gasteiger charge is 2.12. The van der Waals surface area contributed by atoms with E-state index in [-0.39, 0.29) is 0 Å². The highest BCUT2D eigenvalue weighted by molar-refractivity contribution is 5.19. The molecule has 0 spiro atoms. The summed E-state index contributed by atoms with van der Waals surface area (Å²) >= 11 is 0. The number of rotatable bonds is 3. The number of hydrogen-bond acceptors (Lipinski definition) is 0. The molecule has 0 saturated carbocycles. The standard InChI is InChI=1S/C12H21N/c1-6-10(4)12-8-7-11(5)13(12)9(2)3/h7-10H,6H2,1-5H3. The highest BCUT2D eigenvalue weighted by Crippen LogP contribution is 2.24. The van der Waals surface area contributed by atoms with Gasteiger partial charge in [0, 0.05) is 17.4 Å². The van der Waals surface area contributed by atoms with Crippen LogP contribution in [0.5, 0.6) is 0 Å². The van der Waals surface area contributed by atoms with Crippen molar-refractivity contribution in [1.82, 2.24) is 4.57 Å². The molecule has 1 aromatic rings. The van der Waals surface area contributed by atoms with Crippen molar-refractivity contribution in [3.63, 3.8) is 0 Å². The monoisotopic (exact) mass is 179 g/mol. The summed E-state index contributed by atoms with van der Waals surface area (Å²) in [4.78, 5) is 0. The van der Waals surface area contributed by atoms with Gasteiger partial charge >= 0.3 is 0 Å². The predicted molar refractivity (Wildman–Crippen MR) is 58.3 cm³/mol. The number of aryl methyl sites for hydroxylation is 1. The Kier molecular flexibility index (Phi) is 3.18. The average Bonchev–Trinajstić information content (AvgIpc) is 2.45. The first kappa shape index (κ1) is 10.4. The van der Waals surface area contributed by atoms with E-state index in [0.717, 1.165) is 0 Å². The lowest BCUT2D eigenvalue weighted by atomic mass is 10.1. The molecule has 1 unspecified atom stereocenters. The van der Waals surface area contributed by atoms with Crippen molar-refractivity contribution in [2.24, 2.45) is 0 Å². The first-order chi connectivity index (χ1) is 6.07. The molecule has 1 aromatic heterocycles. The molecular formula is C12H21N. The lowest BCUT2D eigenvalue weighted by Crippen LogP contribution is -2.09. The van der Waals surface area contributed by atoms with Gasteiger partial charge < -0.3 is 4.57 Å². The van der Waals surface area contributed by atoms with Crippen molar-refractivity contribution < 1.29 is 0 Å². The second-order valence-corrected chi connectivity index (χ2v) is 4.17. The lowest BCUT2D eigenvalue weighted by molar-refractivity contribution is 0.533. The highest BCUT2D eigenvalue weighted by atomic mass is 15.0. The van der Waals surface area contributed by atoms with Crippen molar-refractivity contribution in [2.45, 2.75) is 53.0 Å². The summed E-state index contributed by atoms with van der Waals surface area (Å²) in [6.45, 7) is 11.2. The van der Waals surface area contributed by atoms with E-state index in [4.69, 9.17) is 0 Å². The topological polar surface area (TPSA) is 4.93 Å². The van der Waals surface area contributed by atoms with Crippen LogP contribution in [0.4, 0.5) is 0 Å². The van der Waals surface area contributed by atoms with E-state index in [9.17, 15) is 0 Å². The number of hydrogen-bond donors (Lipinski definition) is 0. The van der Waals surface area contributed by atoms with Crippen molar-refractivity contribution in [3.8, 4) is 0 Å². The zero-order valence-corrected chi connectivity index (χ0v) is 9.46. The minimum atomic E-state index is 0.582. The van der Waals surface area contributed by atoms with E-state index in [2.05, 4.69) is 51.3 Å². The van der Waals surface area contributed by atoms with Crippen LogP contribution >= 0.6 is 0 Å². The van der Waals surface area contributed by atoms with Gasteiger partial charge in [-0.05, 0) is 45.2 Å². The zero-order valence-electron chi connectivity index (χ0n) is 9.46. The minimum absolute atomic E-state index is 0.582. The summed E-state index contributed by atoms with van der Waals surface area (Å²) in [5.41, 5.74) is 2.86. The Morgan fingerprint density at radius 2 is 1.85 bits per heavy atom. The van der Waals surface area contributed by atoms with Gasteiger partial charge in [0.25, 0.3) is 0 Å². The molecule has 0 radical (unpaired) electrons. The Balaban J connectivity index is 3.07. The van der Waals surface area contributed by atoms with Gasteiger partial charge in [-0.1, -0.05) is 13.8 Å². The fourth-order valence-electron chi connectivity index (χ4n) is 1.89. The van der Waals surface area contributed by atoms with Crippen molar-refractivity contribution in [1.29, 1.82) is 0 Å². The Bertz CT molecular complexity index is 271. The van der Waals surface area contributed by atoms with E-state index >= 15 is 0 Å². The molecule has 0 fully saturated rings. The third kappa shape index (κ3) is 1.96. The van der Waals surface area contributed by atoms with Crippen molar-refractivity contribution in [2.75, 3.05) is 0 Å². The third-order valence-corrected chi connectivity index (χ3v) is 2.79. The molecule has 0 amide bonds. The van der Waals surface area contributed by atoms with E-state index in [0.29, 0.717) is 12.0 Å². The van der Waals surface area contributed by atoms with E-state index in [1.165, 1.54) is 17.8 Å². The normalized spacial score (nSPS) is 13.7. The summed E-state index contributed by atoms with van der Waals surface area (Å²) in [6.07, 6.45) is 1.22. The molecule has 1 nitrogen and oxygen atoms in total. The molecule has 74 valence electrons. The fraction of sp³-hybridized carbons (Fsp3) is 0.667. The molecule has 0 bridgehead atoms. The van der Waals surface area contributed by atoms with Crippen LogP contribution in [0.25, 0.3) is 0 Å². The summed E-state index contributed by atoms with van der Waals surface area (Å²) < 4.78 is 2.44. The maximum Gasteiger partial charge on any atom is 0.0279 e. The van der Waals surface area contributed by atoms with E-state index in [1.807, 2.05) is 0 Å². The van der Waals surface area contributed by atoms with Gasteiger partial charge in [-0.25, -0.2) is 0 Å². The Labute approximate surface area is 81.8 Å². The number of aromatic nitrogens is 1. The van der Waals surface area contributed by atoms with Crippen LogP contribution < -0.4 is 0 Å². The summed E-state index contributed by atoms with van der Waals surface area (Å²) in [5, 5.41) is 0. The van der Waals surface area contributed by atoms with E-state index in [1.54, 1.807) is 0 Å². The largest absolute Gasteiger partial charge is 0.346 e. The molecule has 13 heavy (non-hydrogen) atoms. The van der Waals surface area contributed by atoms with Crippen LogP contribution in [0, 0.1) is 6.92 Å². The molecule has 1 atom stereocenters. The second kappa shape index (κ2) is 3.99. The fourth-order valence-corrected chi connectivity index (χ4v) is 1.89. The molecule has 1 heteroatoms. The molecular weight excluding hydrogens is 158 g/mol. The summed E-state index contributed by atoms with van der Waals surface area (Å²) in [5.74, 6) is 0.677. The summed E-state index contributed by atoms with van der Waals surface area (Å²) in [7, 11) is 0. The smallest absolute Gasteiger partial charge is 0.0279 e. The molecule has 1 heterocycles. The Hall–Kier alpha value is -0.720. The van der Waals surface area contributed by atoms with Gasteiger partial charge in [0.2, 0.25) is 0 Å². The van der Waals surface area contributed by atoms with E-state index < -0.39 is 0 Å². The average molecular weight is 179 g/mol. The quantitative estimate of drug-likeness (QED) is 0.663. The maximum absolute atomic E-state index is 2.44. The van der Waals surface area contributed by atoms with Gasteiger partial charge in [-0.3, -0.25) is 0 Å². The molecule has 1 rings (SSSR count). The maximum atomic E-state index is 2.44. The van der Waals surface area contributed by atoms with Crippen LogP contribution in [0.1, 0.15) is 57.5 Å². The van der Waals surface area contributed by atoms with Crippen LogP contribution in [0.15, 0.2) is 12.1 Å². The Morgan fingerprint density at radius 3 is 2.31 bits per heavy atom. The zero-order chi connectivity index (χ0) is 10.0. The minimum Gasteiger partial charge on any atom is -0.346 e. The van der Waals surface area contributed by atoms with Gasteiger partial charge in [-0.2, -0.15) is 0 Å². The first-order valence-electron chi connectivity index (χ1n) is 5.25. The Morgan fingerprint density at radius 1 is 1.23 bits per heavy atom.